The van der Waals surface area contributed by atoms with Crippen LogP contribution >= 0.6 is 0 Å². The van der Waals surface area contributed by atoms with Crippen molar-refractivity contribution in [1.82, 2.24) is 10.2 Å². The smallest absolute Gasteiger partial charge is 0.123 e. The van der Waals surface area contributed by atoms with Crippen molar-refractivity contribution in [3.05, 3.63) is 35.6 Å². The Morgan fingerprint density at radius 3 is 2.71 bits per heavy atom. The van der Waals surface area contributed by atoms with E-state index >= 15 is 0 Å². The third-order valence-electron chi connectivity index (χ3n) is 3.21. The summed E-state index contributed by atoms with van der Waals surface area (Å²) in [5.41, 5.74) is 0.879. The maximum absolute atomic E-state index is 13.2. The fraction of sp³-hybridized carbons (Fsp3) is 0.538. The first-order chi connectivity index (χ1) is 8.31. The quantitative estimate of drug-likeness (QED) is 0.867. The Kier molecular flexibility index (Phi) is 4.45. The molecule has 1 aromatic carbocycles. The average molecular weight is 240 g/mol. The van der Waals surface area contributed by atoms with Gasteiger partial charge < -0.3 is 5.32 Å². The van der Waals surface area contributed by atoms with Gasteiger partial charge >= 0.3 is 0 Å². The number of benzene rings is 1. The number of halogens is 2. The Morgan fingerprint density at radius 2 is 2.06 bits per heavy atom. The normalized spacial score (nSPS) is 19.2. The zero-order chi connectivity index (χ0) is 12.1. The van der Waals surface area contributed by atoms with Crippen LogP contribution in [0.4, 0.5) is 8.78 Å². The highest BCUT2D eigenvalue weighted by Crippen LogP contribution is 2.25. The molecule has 0 saturated carbocycles. The van der Waals surface area contributed by atoms with Gasteiger partial charge in [0.1, 0.15) is 5.82 Å². The number of alkyl halides is 1. The highest BCUT2D eigenvalue weighted by Gasteiger charge is 2.21. The summed E-state index contributed by atoms with van der Waals surface area (Å²) in [5, 5.41) is 3.27. The van der Waals surface area contributed by atoms with Crippen molar-refractivity contribution in [3.8, 4) is 0 Å². The lowest BCUT2D eigenvalue weighted by Crippen LogP contribution is -2.45. The first-order valence-electron chi connectivity index (χ1n) is 6.07. The van der Waals surface area contributed by atoms with Crippen molar-refractivity contribution in [2.75, 3.05) is 32.9 Å². The van der Waals surface area contributed by atoms with Gasteiger partial charge in [0.25, 0.3) is 0 Å². The molecule has 0 spiro atoms. The van der Waals surface area contributed by atoms with E-state index in [9.17, 15) is 8.78 Å². The number of rotatable bonds is 4. The Bertz CT molecular complexity index is 351. The predicted octanol–water partition coefficient (Wildman–Crippen LogP) is 2.13. The highest BCUT2D eigenvalue weighted by atomic mass is 19.1. The number of nitrogens with one attached hydrogen (secondary N) is 1. The predicted molar refractivity (Wildman–Crippen MR) is 64.2 cm³/mol. The number of hydrogen-bond donors (Lipinski definition) is 1. The average Bonchev–Trinajstić information content (AvgIpc) is 2.37. The lowest BCUT2D eigenvalue weighted by Gasteiger charge is -2.34. The van der Waals surface area contributed by atoms with Crippen molar-refractivity contribution in [3.63, 3.8) is 0 Å². The van der Waals surface area contributed by atoms with E-state index < -0.39 is 0 Å². The highest BCUT2D eigenvalue weighted by molar-refractivity contribution is 5.20. The maximum Gasteiger partial charge on any atom is 0.123 e. The summed E-state index contributed by atoms with van der Waals surface area (Å²) >= 11 is 0. The van der Waals surface area contributed by atoms with E-state index in [0.717, 1.165) is 31.7 Å². The summed E-state index contributed by atoms with van der Waals surface area (Å²) in [4.78, 5) is 2.23. The van der Waals surface area contributed by atoms with Crippen LogP contribution in [0.15, 0.2) is 24.3 Å². The van der Waals surface area contributed by atoms with E-state index in [1.807, 2.05) is 6.07 Å². The minimum absolute atomic E-state index is 0.00204. The van der Waals surface area contributed by atoms with Crippen LogP contribution in [0.5, 0.6) is 0 Å². The second-order valence-corrected chi connectivity index (χ2v) is 4.33. The summed E-state index contributed by atoms with van der Waals surface area (Å²) in [6, 6.07) is 6.51. The van der Waals surface area contributed by atoms with Crippen LogP contribution in [0, 0.1) is 5.82 Å². The molecule has 1 atom stereocenters. The molecule has 0 amide bonds. The third kappa shape index (κ3) is 3.23. The minimum Gasteiger partial charge on any atom is -0.314 e. The molecule has 0 unspecified atom stereocenters. The molecule has 0 bridgehead atoms. The van der Waals surface area contributed by atoms with Gasteiger partial charge in [0.2, 0.25) is 0 Å². The molecule has 1 fully saturated rings. The molecule has 1 N–H and O–H groups in total. The molecule has 0 aliphatic carbocycles. The molecule has 1 aliphatic heterocycles. The van der Waals surface area contributed by atoms with E-state index in [1.165, 1.54) is 12.1 Å². The van der Waals surface area contributed by atoms with E-state index in [4.69, 9.17) is 0 Å². The number of hydrogen-bond acceptors (Lipinski definition) is 2. The summed E-state index contributed by atoms with van der Waals surface area (Å²) in [7, 11) is 0. The molecule has 4 heteroatoms. The van der Waals surface area contributed by atoms with Gasteiger partial charge in [-0.05, 0) is 24.1 Å². The van der Waals surface area contributed by atoms with Crippen LogP contribution < -0.4 is 5.32 Å². The van der Waals surface area contributed by atoms with Crippen molar-refractivity contribution >= 4 is 0 Å². The zero-order valence-electron chi connectivity index (χ0n) is 9.83. The standard InChI is InChI=1S/C13H18F2N2/c14-5-4-13(17-8-6-16-7-9-17)11-2-1-3-12(15)10-11/h1-3,10,13,16H,4-9H2/t13-/m0/s1. The zero-order valence-corrected chi connectivity index (χ0v) is 9.83. The molecule has 1 heterocycles. The van der Waals surface area contributed by atoms with Gasteiger partial charge in [-0.15, -0.1) is 0 Å². The van der Waals surface area contributed by atoms with Crippen LogP contribution in [-0.2, 0) is 0 Å². The molecule has 2 rings (SSSR count). The summed E-state index contributed by atoms with van der Waals surface area (Å²) in [6.45, 7) is 3.24. The van der Waals surface area contributed by atoms with Gasteiger partial charge in [-0.1, -0.05) is 12.1 Å². The lowest BCUT2D eigenvalue weighted by molar-refractivity contribution is 0.157. The van der Waals surface area contributed by atoms with Crippen LogP contribution in [0.2, 0.25) is 0 Å². The van der Waals surface area contributed by atoms with Crippen molar-refractivity contribution in [1.29, 1.82) is 0 Å². The van der Waals surface area contributed by atoms with Crippen LogP contribution in [0.3, 0.4) is 0 Å². The SMILES string of the molecule is FCC[C@@H](c1cccc(F)c1)N1CCNCC1. The van der Waals surface area contributed by atoms with Crippen LogP contribution in [0.25, 0.3) is 0 Å². The lowest BCUT2D eigenvalue weighted by atomic mass is 10.0. The molecule has 17 heavy (non-hydrogen) atoms. The van der Waals surface area contributed by atoms with E-state index in [0.29, 0.717) is 6.42 Å². The second kappa shape index (κ2) is 6.07. The molecular formula is C13H18F2N2. The number of nitrogens with zero attached hydrogens (tertiary/aromatic N) is 1. The number of piperazine rings is 1. The van der Waals surface area contributed by atoms with E-state index in [-0.39, 0.29) is 18.5 Å². The van der Waals surface area contributed by atoms with E-state index in [1.54, 1.807) is 6.07 Å². The summed E-state index contributed by atoms with van der Waals surface area (Å²) in [5.74, 6) is -0.249. The first kappa shape index (κ1) is 12.5. The molecule has 0 aromatic heterocycles. The Labute approximate surface area is 101 Å². The third-order valence-corrected chi connectivity index (χ3v) is 3.21. The molecular weight excluding hydrogens is 222 g/mol. The fourth-order valence-corrected chi connectivity index (χ4v) is 2.37. The Morgan fingerprint density at radius 1 is 1.29 bits per heavy atom. The molecule has 1 aliphatic rings. The van der Waals surface area contributed by atoms with Gasteiger partial charge in [-0.25, -0.2) is 4.39 Å². The molecule has 1 aromatic rings. The van der Waals surface area contributed by atoms with Gasteiger partial charge in [0.15, 0.2) is 0 Å². The molecule has 94 valence electrons. The van der Waals surface area contributed by atoms with Crippen molar-refractivity contribution in [2.45, 2.75) is 12.5 Å². The van der Waals surface area contributed by atoms with Crippen LogP contribution in [0.1, 0.15) is 18.0 Å². The van der Waals surface area contributed by atoms with E-state index in [2.05, 4.69) is 10.2 Å². The largest absolute Gasteiger partial charge is 0.314 e. The van der Waals surface area contributed by atoms with Crippen LogP contribution in [-0.4, -0.2) is 37.8 Å². The van der Waals surface area contributed by atoms with Gasteiger partial charge in [-0.2, -0.15) is 0 Å². The summed E-state index contributed by atoms with van der Waals surface area (Å²) < 4.78 is 25.9. The monoisotopic (exact) mass is 240 g/mol. The summed E-state index contributed by atoms with van der Waals surface area (Å²) in [6.07, 6.45) is 0.434. The Hall–Kier alpha value is -1.00. The molecule has 2 nitrogen and oxygen atoms in total. The van der Waals surface area contributed by atoms with Gasteiger partial charge in [0.05, 0.1) is 6.67 Å². The maximum atomic E-state index is 13.2. The second-order valence-electron chi connectivity index (χ2n) is 4.33. The molecule has 0 radical (unpaired) electrons. The Balaban J connectivity index is 2.15. The van der Waals surface area contributed by atoms with Crippen molar-refractivity contribution < 1.29 is 8.78 Å². The topological polar surface area (TPSA) is 15.3 Å². The van der Waals surface area contributed by atoms with Crippen molar-refractivity contribution in [2.24, 2.45) is 0 Å². The fourth-order valence-electron chi connectivity index (χ4n) is 2.37. The molecule has 1 saturated heterocycles. The first-order valence-corrected chi connectivity index (χ1v) is 6.07. The van der Waals surface area contributed by atoms with Gasteiger partial charge in [0, 0.05) is 32.2 Å². The minimum atomic E-state index is -0.370. The van der Waals surface area contributed by atoms with Gasteiger partial charge in [-0.3, -0.25) is 9.29 Å².